The summed E-state index contributed by atoms with van der Waals surface area (Å²) in [6.07, 6.45) is 10.8. The Morgan fingerprint density at radius 3 is 2.25 bits per heavy atom. The average Bonchev–Trinajstić information content (AvgIpc) is 2.54. The molecule has 132 valence electrons. The highest BCUT2D eigenvalue weighted by Gasteiger charge is 2.51. The SMILES string of the molecule is C=C(C=CC(=C)C(=O)OCC12CC3CC(CC(C3)C1)C2)SOOO. The van der Waals surface area contributed by atoms with E-state index in [0.29, 0.717) is 11.5 Å². The Hall–Kier alpha value is -1.08. The van der Waals surface area contributed by atoms with Crippen molar-refractivity contribution in [2.75, 3.05) is 6.61 Å². The third-order valence-electron chi connectivity index (χ3n) is 5.58. The van der Waals surface area contributed by atoms with Crippen LogP contribution in [0.25, 0.3) is 0 Å². The van der Waals surface area contributed by atoms with E-state index in [-0.39, 0.29) is 17.0 Å². The van der Waals surface area contributed by atoms with Gasteiger partial charge in [-0.25, -0.2) is 10.1 Å². The molecule has 4 aliphatic rings. The Balaban J connectivity index is 1.48. The highest BCUT2D eigenvalue weighted by molar-refractivity contribution is 7.98. The minimum Gasteiger partial charge on any atom is -0.462 e. The molecule has 4 fully saturated rings. The lowest BCUT2D eigenvalue weighted by atomic mass is 9.50. The minimum absolute atomic E-state index is 0.208. The summed E-state index contributed by atoms with van der Waals surface area (Å²) in [7, 11) is 0. The summed E-state index contributed by atoms with van der Waals surface area (Å²) in [4.78, 5) is 12.6. The van der Waals surface area contributed by atoms with Crippen molar-refractivity contribution < 1.29 is 24.2 Å². The summed E-state index contributed by atoms with van der Waals surface area (Å²) in [5, 5.41) is 11.5. The fourth-order valence-electron chi connectivity index (χ4n) is 5.13. The molecule has 0 aromatic heterocycles. The Bertz CT molecular complexity index is 518. The van der Waals surface area contributed by atoms with E-state index < -0.39 is 0 Å². The second-order valence-electron chi connectivity index (χ2n) is 7.54. The van der Waals surface area contributed by atoms with E-state index in [0.717, 1.165) is 29.8 Å². The number of esters is 1. The minimum atomic E-state index is -0.390. The van der Waals surface area contributed by atoms with Gasteiger partial charge in [-0.15, -0.1) is 4.33 Å². The lowest BCUT2D eigenvalue weighted by Gasteiger charge is -2.56. The first-order chi connectivity index (χ1) is 11.5. The number of hydrogen-bond donors (Lipinski definition) is 1. The molecule has 0 saturated heterocycles. The molecule has 1 N–H and O–H groups in total. The van der Waals surface area contributed by atoms with E-state index in [9.17, 15) is 4.79 Å². The fraction of sp³-hybridized carbons (Fsp3) is 0.611. The smallest absolute Gasteiger partial charge is 0.337 e. The second kappa shape index (κ2) is 7.44. The molecule has 0 aromatic rings. The zero-order valence-electron chi connectivity index (χ0n) is 13.7. The summed E-state index contributed by atoms with van der Waals surface area (Å²) < 4.78 is 9.83. The summed E-state index contributed by atoms with van der Waals surface area (Å²) in [5.74, 6) is 2.13. The van der Waals surface area contributed by atoms with E-state index in [1.807, 2.05) is 0 Å². The predicted octanol–water partition coefficient (Wildman–Crippen LogP) is 4.44. The molecule has 0 aromatic carbocycles. The van der Waals surface area contributed by atoms with Crippen molar-refractivity contribution in [3.8, 4) is 0 Å². The van der Waals surface area contributed by atoms with Gasteiger partial charge >= 0.3 is 5.97 Å². The molecule has 4 rings (SSSR count). The molecule has 0 heterocycles. The fourth-order valence-corrected chi connectivity index (χ4v) is 5.37. The van der Waals surface area contributed by atoms with Crippen molar-refractivity contribution in [3.63, 3.8) is 0 Å². The first kappa shape index (κ1) is 17.7. The highest BCUT2D eigenvalue weighted by atomic mass is 32.2. The summed E-state index contributed by atoms with van der Waals surface area (Å²) in [5.41, 5.74) is 0.478. The monoisotopic (exact) mass is 352 g/mol. The quantitative estimate of drug-likeness (QED) is 0.174. The number of allylic oxidation sites excluding steroid dienone is 1. The maximum Gasteiger partial charge on any atom is 0.337 e. The Kier molecular flexibility index (Phi) is 5.49. The molecule has 0 aliphatic heterocycles. The van der Waals surface area contributed by atoms with Crippen LogP contribution in [0.1, 0.15) is 38.5 Å². The van der Waals surface area contributed by atoms with Crippen LogP contribution in [0.15, 0.2) is 35.8 Å². The predicted molar refractivity (Wildman–Crippen MR) is 91.4 cm³/mol. The molecule has 6 heteroatoms. The largest absolute Gasteiger partial charge is 0.462 e. The molecule has 4 saturated carbocycles. The van der Waals surface area contributed by atoms with E-state index in [2.05, 4.69) is 22.5 Å². The van der Waals surface area contributed by atoms with Gasteiger partial charge in [0.25, 0.3) is 0 Å². The average molecular weight is 352 g/mol. The summed E-state index contributed by atoms with van der Waals surface area (Å²) >= 11 is 0.735. The molecular weight excluding hydrogens is 328 g/mol. The van der Waals surface area contributed by atoms with Crippen LogP contribution < -0.4 is 0 Å². The first-order valence-electron chi connectivity index (χ1n) is 8.37. The Morgan fingerprint density at radius 1 is 1.12 bits per heavy atom. The van der Waals surface area contributed by atoms with E-state index in [4.69, 9.17) is 9.99 Å². The van der Waals surface area contributed by atoms with Crippen molar-refractivity contribution in [3.05, 3.63) is 35.8 Å². The van der Waals surface area contributed by atoms with Gasteiger partial charge in [0.1, 0.15) is 0 Å². The van der Waals surface area contributed by atoms with Crippen molar-refractivity contribution >= 4 is 18.0 Å². The highest BCUT2D eigenvalue weighted by Crippen LogP contribution is 2.60. The van der Waals surface area contributed by atoms with Gasteiger partial charge in [-0.2, -0.15) is 0 Å². The van der Waals surface area contributed by atoms with E-state index in [1.165, 1.54) is 44.6 Å². The van der Waals surface area contributed by atoms with E-state index >= 15 is 0 Å². The summed E-state index contributed by atoms with van der Waals surface area (Å²) in [6, 6.07) is 0. The molecule has 0 spiro atoms. The van der Waals surface area contributed by atoms with Crippen LogP contribution in [0.4, 0.5) is 0 Å². The van der Waals surface area contributed by atoms with Crippen molar-refractivity contribution in [2.45, 2.75) is 38.5 Å². The van der Waals surface area contributed by atoms with Crippen LogP contribution in [-0.2, 0) is 18.9 Å². The van der Waals surface area contributed by atoms with Crippen LogP contribution in [0, 0.1) is 23.2 Å². The maximum atomic E-state index is 12.2. The Labute approximate surface area is 146 Å². The number of rotatable bonds is 8. The molecule has 0 amide bonds. The lowest BCUT2D eigenvalue weighted by molar-refractivity contribution is -0.431. The third-order valence-corrected chi connectivity index (χ3v) is 6.06. The van der Waals surface area contributed by atoms with Crippen molar-refractivity contribution in [2.24, 2.45) is 23.2 Å². The number of hydrogen-bond acceptors (Lipinski definition) is 6. The topological polar surface area (TPSA) is 65.0 Å². The van der Waals surface area contributed by atoms with Gasteiger partial charge in [-0.3, -0.25) is 0 Å². The lowest BCUT2D eigenvalue weighted by Crippen LogP contribution is -2.48. The summed E-state index contributed by atoms with van der Waals surface area (Å²) in [6.45, 7) is 7.92. The maximum absolute atomic E-state index is 12.2. The van der Waals surface area contributed by atoms with Crippen LogP contribution >= 0.6 is 12.0 Å². The van der Waals surface area contributed by atoms with Crippen LogP contribution in [0.5, 0.6) is 0 Å². The standard InChI is InChI=1S/C18H24O5S/c1-12(3-4-13(2)24-23-22-20)17(19)21-11-18-8-14-5-15(9-18)7-16(6-14)10-18/h3-4,14-16,20H,1-2,5-11H2. The van der Waals surface area contributed by atoms with Crippen LogP contribution in [0.3, 0.4) is 0 Å². The zero-order valence-corrected chi connectivity index (χ0v) is 14.6. The molecule has 0 atom stereocenters. The van der Waals surface area contributed by atoms with E-state index in [1.54, 1.807) is 6.08 Å². The number of ether oxygens (including phenoxy) is 1. The molecular formula is C18H24O5S. The first-order valence-corrected chi connectivity index (χ1v) is 9.11. The molecule has 4 bridgehead atoms. The van der Waals surface area contributed by atoms with Crippen molar-refractivity contribution in [1.29, 1.82) is 0 Å². The zero-order chi connectivity index (χ0) is 17.2. The van der Waals surface area contributed by atoms with Gasteiger partial charge in [0.2, 0.25) is 0 Å². The molecule has 0 radical (unpaired) electrons. The van der Waals surface area contributed by atoms with Gasteiger partial charge in [0.05, 0.1) is 24.2 Å². The molecule has 0 unspecified atom stereocenters. The van der Waals surface area contributed by atoms with Gasteiger partial charge in [-0.05, 0) is 68.4 Å². The van der Waals surface area contributed by atoms with Gasteiger partial charge in [-0.1, -0.05) is 18.2 Å². The molecule has 5 nitrogen and oxygen atoms in total. The van der Waals surface area contributed by atoms with Gasteiger partial charge in [0.15, 0.2) is 0 Å². The van der Waals surface area contributed by atoms with Gasteiger partial charge in [0, 0.05) is 10.3 Å². The molecule has 24 heavy (non-hydrogen) atoms. The van der Waals surface area contributed by atoms with Crippen LogP contribution in [-0.4, -0.2) is 17.8 Å². The van der Waals surface area contributed by atoms with Gasteiger partial charge < -0.3 is 4.74 Å². The number of carbonyl (C=O) groups excluding carboxylic acids is 1. The second-order valence-corrected chi connectivity index (χ2v) is 8.37. The normalized spacial score (nSPS) is 33.8. The molecule has 4 aliphatic carbocycles. The number of carbonyl (C=O) groups is 1. The third kappa shape index (κ3) is 4.11. The Morgan fingerprint density at radius 2 is 1.71 bits per heavy atom. The van der Waals surface area contributed by atoms with Crippen LogP contribution in [0.2, 0.25) is 0 Å². The van der Waals surface area contributed by atoms with Crippen molar-refractivity contribution in [1.82, 2.24) is 0 Å².